The molecule has 1 saturated carbocycles. The molecule has 204 valence electrons. The number of anilines is 1. The third-order valence-electron chi connectivity index (χ3n) is 7.27. The van der Waals surface area contributed by atoms with Crippen LogP contribution in [0.15, 0.2) is 80.6 Å². The smallest absolute Gasteiger partial charge is 0.262 e. The first kappa shape index (κ1) is 28.1. The lowest BCUT2D eigenvalue weighted by molar-refractivity contribution is -0.129. The van der Waals surface area contributed by atoms with Crippen LogP contribution in [-0.4, -0.2) is 29.5 Å². The minimum atomic E-state index is -0.157. The lowest BCUT2D eigenvalue weighted by Gasteiger charge is -2.39. The minimum absolute atomic E-state index is 0.0813. The van der Waals surface area contributed by atoms with Crippen LogP contribution in [0.2, 0.25) is 0 Å². The Hall–Kier alpha value is -2.42. The Morgan fingerprint density at radius 2 is 1.79 bits per heavy atom. The molecule has 2 aliphatic rings. The Morgan fingerprint density at radius 3 is 2.51 bits per heavy atom. The van der Waals surface area contributed by atoms with Crippen molar-refractivity contribution >= 4 is 61.3 Å². The molecule has 5 nitrogen and oxygen atoms in total. The van der Waals surface area contributed by atoms with Crippen LogP contribution in [0, 0.1) is 5.92 Å². The molecule has 2 fully saturated rings. The van der Waals surface area contributed by atoms with Crippen molar-refractivity contribution < 1.29 is 14.3 Å². The van der Waals surface area contributed by atoms with Crippen LogP contribution in [-0.2, 0) is 11.4 Å². The van der Waals surface area contributed by atoms with E-state index in [0.717, 1.165) is 49.9 Å². The standard InChI is InChI=1S/C31H32Br2N2O3S/c1-20-8-6-7-11-26(20)35-30(36)28(39-31(35)34-24-9-4-3-5-10-24)18-22-16-25(33)29(27(17-22)37-2)38-19-21-12-14-23(32)15-13-21/h3-5,9-10,12-18,20,26,31,34H,6-8,11,19H2,1-2H3/b28-18-/t20-,26-,31?/m1/s1. The maximum absolute atomic E-state index is 13.9. The van der Waals surface area contributed by atoms with Gasteiger partial charge >= 0.3 is 0 Å². The Kier molecular flexibility index (Phi) is 9.25. The topological polar surface area (TPSA) is 50.8 Å². The van der Waals surface area contributed by atoms with E-state index < -0.39 is 0 Å². The maximum Gasteiger partial charge on any atom is 0.262 e. The molecule has 1 unspecified atom stereocenters. The van der Waals surface area contributed by atoms with E-state index in [4.69, 9.17) is 9.47 Å². The number of para-hydroxylation sites is 1. The summed E-state index contributed by atoms with van der Waals surface area (Å²) in [5.41, 5.74) is 2.78. The van der Waals surface area contributed by atoms with Gasteiger partial charge in [-0.05, 0) is 88.3 Å². The highest BCUT2D eigenvalue weighted by molar-refractivity contribution is 9.10. The van der Waals surface area contributed by atoms with Crippen LogP contribution < -0.4 is 14.8 Å². The molecule has 0 radical (unpaired) electrons. The molecule has 0 spiro atoms. The number of hydrogen-bond acceptors (Lipinski definition) is 5. The first-order valence-electron chi connectivity index (χ1n) is 13.2. The second kappa shape index (κ2) is 12.8. The van der Waals surface area contributed by atoms with E-state index in [-0.39, 0.29) is 17.4 Å². The summed E-state index contributed by atoms with van der Waals surface area (Å²) in [5, 5.41) is 3.60. The summed E-state index contributed by atoms with van der Waals surface area (Å²) in [6, 6.07) is 22.3. The first-order chi connectivity index (χ1) is 18.9. The Morgan fingerprint density at radius 1 is 1.05 bits per heavy atom. The van der Waals surface area contributed by atoms with Crippen molar-refractivity contribution in [3.8, 4) is 11.5 Å². The van der Waals surface area contributed by atoms with Gasteiger partial charge in [0.2, 0.25) is 0 Å². The molecule has 1 aliphatic carbocycles. The first-order valence-corrected chi connectivity index (χ1v) is 15.7. The largest absolute Gasteiger partial charge is 0.493 e. The van der Waals surface area contributed by atoms with Crippen molar-refractivity contribution in [1.82, 2.24) is 4.90 Å². The van der Waals surface area contributed by atoms with Gasteiger partial charge in [-0.2, -0.15) is 0 Å². The van der Waals surface area contributed by atoms with Crippen LogP contribution >= 0.6 is 43.6 Å². The van der Waals surface area contributed by atoms with Gasteiger partial charge < -0.3 is 19.7 Å². The number of carbonyl (C=O) groups excluding carboxylic acids is 1. The summed E-state index contributed by atoms with van der Waals surface area (Å²) < 4.78 is 13.6. The highest BCUT2D eigenvalue weighted by atomic mass is 79.9. The lowest BCUT2D eigenvalue weighted by atomic mass is 9.85. The van der Waals surface area contributed by atoms with Gasteiger partial charge in [-0.15, -0.1) is 0 Å². The molecule has 3 aromatic carbocycles. The predicted octanol–water partition coefficient (Wildman–Crippen LogP) is 8.69. The zero-order chi connectivity index (χ0) is 27.4. The van der Waals surface area contributed by atoms with E-state index in [0.29, 0.717) is 24.0 Å². The van der Waals surface area contributed by atoms with Gasteiger partial charge in [0.25, 0.3) is 5.91 Å². The molecule has 1 saturated heterocycles. The molecule has 39 heavy (non-hydrogen) atoms. The number of rotatable bonds is 8. The summed E-state index contributed by atoms with van der Waals surface area (Å²) in [5.74, 6) is 1.80. The van der Waals surface area contributed by atoms with Crippen molar-refractivity contribution in [3.63, 3.8) is 0 Å². The molecule has 3 atom stereocenters. The van der Waals surface area contributed by atoms with Gasteiger partial charge in [0.1, 0.15) is 6.61 Å². The molecular formula is C31H32Br2N2O3S. The Labute approximate surface area is 251 Å². The number of nitrogens with one attached hydrogen (secondary N) is 1. The second-order valence-electron chi connectivity index (χ2n) is 9.98. The minimum Gasteiger partial charge on any atom is -0.493 e. The maximum atomic E-state index is 13.9. The number of nitrogens with zero attached hydrogens (tertiary/aromatic N) is 1. The molecular weight excluding hydrogens is 640 g/mol. The summed E-state index contributed by atoms with van der Waals surface area (Å²) in [7, 11) is 1.63. The fourth-order valence-corrected chi connectivity index (χ4v) is 7.27. The third-order valence-corrected chi connectivity index (χ3v) is 9.50. The average Bonchev–Trinajstić information content (AvgIpc) is 3.23. The zero-order valence-electron chi connectivity index (χ0n) is 22.0. The van der Waals surface area contributed by atoms with Crippen molar-refractivity contribution in [2.24, 2.45) is 5.92 Å². The van der Waals surface area contributed by atoms with E-state index in [1.807, 2.05) is 72.8 Å². The molecule has 1 aliphatic heterocycles. The number of halogens is 2. The number of benzene rings is 3. The molecule has 0 bridgehead atoms. The van der Waals surface area contributed by atoms with Crippen molar-refractivity contribution in [3.05, 3.63) is 91.7 Å². The molecule has 3 aromatic rings. The number of thioether (sulfide) groups is 1. The molecule has 5 rings (SSSR count). The highest BCUT2D eigenvalue weighted by Crippen LogP contribution is 2.43. The van der Waals surface area contributed by atoms with Crippen LogP contribution in [0.3, 0.4) is 0 Å². The highest BCUT2D eigenvalue weighted by Gasteiger charge is 2.42. The van der Waals surface area contributed by atoms with E-state index >= 15 is 0 Å². The van der Waals surface area contributed by atoms with Gasteiger partial charge in [0.05, 0.1) is 16.5 Å². The molecule has 0 aromatic heterocycles. The lowest BCUT2D eigenvalue weighted by Crippen LogP contribution is -2.48. The van der Waals surface area contributed by atoms with E-state index in [1.54, 1.807) is 18.9 Å². The molecule has 8 heteroatoms. The van der Waals surface area contributed by atoms with Gasteiger partial charge in [-0.1, -0.05) is 77.8 Å². The Balaban J connectivity index is 1.40. The zero-order valence-corrected chi connectivity index (χ0v) is 26.0. The fourth-order valence-electron chi connectivity index (χ4n) is 5.22. The van der Waals surface area contributed by atoms with Crippen molar-refractivity contribution in [2.75, 3.05) is 12.4 Å². The van der Waals surface area contributed by atoms with E-state index in [9.17, 15) is 4.79 Å². The molecule has 1 heterocycles. The van der Waals surface area contributed by atoms with E-state index in [1.165, 1.54) is 6.42 Å². The van der Waals surface area contributed by atoms with Crippen LogP contribution in [0.1, 0.15) is 43.7 Å². The van der Waals surface area contributed by atoms with Gasteiger partial charge in [0.15, 0.2) is 17.0 Å². The SMILES string of the molecule is COc1cc(/C=C2\SC(Nc3ccccc3)N([C@@H]3CCCC[C@H]3C)C2=O)cc(Br)c1OCc1ccc(Br)cc1. The van der Waals surface area contributed by atoms with Crippen LogP contribution in [0.4, 0.5) is 5.69 Å². The number of amides is 1. The Bertz CT molecular complexity index is 1330. The predicted molar refractivity (Wildman–Crippen MR) is 167 cm³/mol. The fraction of sp³-hybridized carbons (Fsp3) is 0.323. The summed E-state index contributed by atoms with van der Waals surface area (Å²) in [4.78, 5) is 16.7. The van der Waals surface area contributed by atoms with Crippen LogP contribution in [0.25, 0.3) is 6.08 Å². The number of methoxy groups -OCH3 is 1. The van der Waals surface area contributed by atoms with Gasteiger partial charge in [-0.25, -0.2) is 0 Å². The van der Waals surface area contributed by atoms with Crippen LogP contribution in [0.5, 0.6) is 11.5 Å². The summed E-state index contributed by atoms with van der Waals surface area (Å²) in [6.45, 7) is 2.69. The third kappa shape index (κ3) is 6.67. The number of ether oxygens (including phenoxy) is 2. The van der Waals surface area contributed by atoms with Gasteiger partial charge in [0, 0.05) is 16.2 Å². The quantitative estimate of drug-likeness (QED) is 0.243. The van der Waals surface area contributed by atoms with E-state index in [2.05, 4.69) is 49.0 Å². The number of carbonyl (C=O) groups is 1. The molecule has 1 amide bonds. The van der Waals surface area contributed by atoms with Crippen molar-refractivity contribution in [2.45, 2.75) is 50.8 Å². The number of hydrogen-bond donors (Lipinski definition) is 1. The average molecular weight is 672 g/mol. The normalized spacial score (nSPS) is 22.3. The van der Waals surface area contributed by atoms with Gasteiger partial charge in [-0.3, -0.25) is 4.79 Å². The monoisotopic (exact) mass is 670 g/mol. The van der Waals surface area contributed by atoms with Crippen molar-refractivity contribution in [1.29, 1.82) is 0 Å². The molecule has 1 N–H and O–H groups in total. The second-order valence-corrected chi connectivity index (χ2v) is 12.9. The summed E-state index contributed by atoms with van der Waals surface area (Å²) >= 11 is 8.72. The summed E-state index contributed by atoms with van der Waals surface area (Å²) in [6.07, 6.45) is 6.55.